The molecule has 0 aromatic carbocycles. The molecule has 1 saturated carbocycles. The van der Waals surface area contributed by atoms with Crippen molar-refractivity contribution in [2.24, 2.45) is 22.7 Å². The van der Waals surface area contributed by atoms with Crippen molar-refractivity contribution in [2.75, 3.05) is 0 Å². The van der Waals surface area contributed by atoms with E-state index in [0.29, 0.717) is 6.42 Å². The van der Waals surface area contributed by atoms with Gasteiger partial charge in [0.05, 0.1) is 24.3 Å². The summed E-state index contributed by atoms with van der Waals surface area (Å²) in [6.07, 6.45) is 2.27. The lowest BCUT2D eigenvalue weighted by Gasteiger charge is -2.62. The van der Waals surface area contributed by atoms with Gasteiger partial charge in [-0.15, -0.1) is 0 Å². The predicted octanol–water partition coefficient (Wildman–Crippen LogP) is 4.99. The smallest absolute Gasteiger partial charge is 0.207 e. The SMILES string of the molecule is C=C(C)[C@H]1C[C@@]2(O[Si](C)(C)C(C)(C)C)C(C)=C[C@@H]1C(C#N)(C#N)C2(C#N)C#N. The molecule has 0 saturated heterocycles. The van der Waals surface area contributed by atoms with Crippen LogP contribution in [0.3, 0.4) is 0 Å². The van der Waals surface area contributed by atoms with E-state index in [1.807, 2.05) is 19.9 Å². The van der Waals surface area contributed by atoms with Crippen molar-refractivity contribution in [3.05, 3.63) is 23.8 Å². The van der Waals surface area contributed by atoms with Crippen LogP contribution in [-0.4, -0.2) is 13.9 Å². The van der Waals surface area contributed by atoms with Crippen molar-refractivity contribution in [1.82, 2.24) is 0 Å². The summed E-state index contributed by atoms with van der Waals surface area (Å²) in [5.74, 6) is -0.771. The van der Waals surface area contributed by atoms with Crippen LogP contribution >= 0.6 is 0 Å². The molecule has 0 unspecified atom stereocenters. The lowest BCUT2D eigenvalue weighted by molar-refractivity contribution is -0.101. The van der Waals surface area contributed by atoms with Gasteiger partial charge >= 0.3 is 0 Å². The Labute approximate surface area is 169 Å². The Balaban J connectivity index is 2.96. The number of hydrogen-bond acceptors (Lipinski definition) is 5. The normalized spacial score (nSPS) is 30.2. The zero-order valence-electron chi connectivity index (χ0n) is 17.8. The summed E-state index contributed by atoms with van der Waals surface area (Å²) in [5, 5.41) is 40.7. The van der Waals surface area contributed by atoms with E-state index in [2.05, 4.69) is 64.7 Å². The van der Waals surface area contributed by atoms with E-state index in [1.54, 1.807) is 0 Å². The maximum atomic E-state index is 10.3. The first-order chi connectivity index (χ1) is 12.8. The van der Waals surface area contributed by atoms with Gasteiger partial charge in [0, 0.05) is 5.92 Å². The van der Waals surface area contributed by atoms with Gasteiger partial charge in [-0.3, -0.25) is 0 Å². The Bertz CT molecular complexity index is 885. The molecule has 3 atom stereocenters. The molecular weight excluding hydrogens is 364 g/mol. The van der Waals surface area contributed by atoms with Crippen molar-refractivity contribution in [2.45, 2.75) is 64.8 Å². The molecule has 28 heavy (non-hydrogen) atoms. The molecule has 3 rings (SSSR count). The largest absolute Gasteiger partial charge is 0.405 e. The first kappa shape index (κ1) is 21.9. The van der Waals surface area contributed by atoms with Crippen LogP contribution in [0.1, 0.15) is 41.0 Å². The molecule has 1 fully saturated rings. The quantitative estimate of drug-likeness (QED) is 0.497. The Morgan fingerprint density at radius 2 is 1.64 bits per heavy atom. The molecular formula is C22H28N4OSi. The highest BCUT2D eigenvalue weighted by atomic mass is 28.4. The Kier molecular flexibility index (Phi) is 4.94. The molecule has 3 aliphatic rings. The van der Waals surface area contributed by atoms with Gasteiger partial charge in [0.1, 0.15) is 5.60 Å². The van der Waals surface area contributed by atoms with E-state index in [0.717, 1.165) is 11.1 Å². The third-order valence-electron chi connectivity index (χ3n) is 7.26. The molecule has 0 radical (unpaired) electrons. The maximum absolute atomic E-state index is 10.3. The van der Waals surface area contributed by atoms with Crippen LogP contribution in [0.4, 0.5) is 0 Å². The van der Waals surface area contributed by atoms with E-state index >= 15 is 0 Å². The van der Waals surface area contributed by atoms with Gasteiger partial charge in [-0.1, -0.05) is 39.0 Å². The summed E-state index contributed by atoms with van der Waals surface area (Å²) in [6.45, 7) is 18.2. The van der Waals surface area contributed by atoms with Gasteiger partial charge in [0.15, 0.2) is 13.7 Å². The highest BCUT2D eigenvalue weighted by Crippen LogP contribution is 2.68. The van der Waals surface area contributed by atoms with Gasteiger partial charge in [0.2, 0.25) is 5.41 Å². The molecule has 3 aliphatic carbocycles. The van der Waals surface area contributed by atoms with Crippen LogP contribution in [0.15, 0.2) is 23.8 Å². The van der Waals surface area contributed by atoms with Crippen molar-refractivity contribution >= 4 is 8.32 Å². The van der Waals surface area contributed by atoms with Crippen LogP contribution in [0.25, 0.3) is 0 Å². The topological polar surface area (TPSA) is 104 Å². The minimum Gasteiger partial charge on any atom is -0.405 e. The van der Waals surface area contributed by atoms with Crippen molar-refractivity contribution in [3.63, 3.8) is 0 Å². The molecule has 2 bridgehead atoms. The third-order valence-corrected chi connectivity index (χ3v) is 11.7. The van der Waals surface area contributed by atoms with Crippen molar-refractivity contribution in [1.29, 1.82) is 21.0 Å². The van der Waals surface area contributed by atoms with E-state index in [-0.39, 0.29) is 11.0 Å². The van der Waals surface area contributed by atoms with Crippen LogP contribution in [-0.2, 0) is 4.43 Å². The zero-order valence-corrected chi connectivity index (χ0v) is 18.8. The van der Waals surface area contributed by atoms with Gasteiger partial charge in [0.25, 0.3) is 0 Å². The number of allylic oxidation sites excluding steroid dienone is 2. The first-order valence-corrected chi connectivity index (χ1v) is 12.4. The number of nitrogens with zero attached hydrogens (tertiary/aromatic N) is 4. The second kappa shape index (κ2) is 6.32. The Hall–Kier alpha value is -2.38. The highest BCUT2D eigenvalue weighted by molar-refractivity contribution is 6.74. The summed E-state index contributed by atoms with van der Waals surface area (Å²) in [6, 6.07) is 8.41. The summed E-state index contributed by atoms with van der Waals surface area (Å²) in [4.78, 5) is 0. The molecule has 0 aliphatic heterocycles. The predicted molar refractivity (Wildman–Crippen MR) is 108 cm³/mol. The van der Waals surface area contributed by atoms with E-state index < -0.39 is 30.7 Å². The summed E-state index contributed by atoms with van der Waals surface area (Å²) in [5.41, 5.74) is -3.45. The van der Waals surface area contributed by atoms with Crippen LogP contribution in [0, 0.1) is 68.0 Å². The highest BCUT2D eigenvalue weighted by Gasteiger charge is 2.77. The van der Waals surface area contributed by atoms with Crippen LogP contribution in [0.5, 0.6) is 0 Å². The number of fused-ring (bicyclic) bond motifs is 2. The Morgan fingerprint density at radius 3 is 2.00 bits per heavy atom. The maximum Gasteiger partial charge on any atom is 0.207 e. The van der Waals surface area contributed by atoms with Gasteiger partial charge in [-0.05, 0) is 49.9 Å². The lowest BCUT2D eigenvalue weighted by Crippen LogP contribution is -2.71. The number of nitriles is 4. The monoisotopic (exact) mass is 392 g/mol. The molecule has 0 aromatic rings. The average molecular weight is 393 g/mol. The summed E-state index contributed by atoms with van der Waals surface area (Å²) < 4.78 is 6.85. The molecule has 6 heteroatoms. The van der Waals surface area contributed by atoms with Crippen molar-refractivity contribution < 1.29 is 4.43 Å². The van der Waals surface area contributed by atoms with E-state index in [4.69, 9.17) is 4.43 Å². The molecule has 0 spiro atoms. The van der Waals surface area contributed by atoms with Gasteiger partial charge in [-0.25, -0.2) is 0 Å². The van der Waals surface area contributed by atoms with E-state index in [9.17, 15) is 21.0 Å². The number of rotatable bonds is 3. The van der Waals surface area contributed by atoms with Gasteiger partial charge < -0.3 is 4.43 Å². The molecule has 0 aromatic heterocycles. The lowest BCUT2D eigenvalue weighted by atomic mass is 9.40. The van der Waals surface area contributed by atoms with Crippen LogP contribution in [0.2, 0.25) is 18.1 Å². The third kappa shape index (κ3) is 2.36. The summed E-state index contributed by atoms with van der Waals surface area (Å²) in [7, 11) is -2.47. The second-order valence-corrected chi connectivity index (χ2v) is 14.5. The molecule has 146 valence electrons. The molecule has 0 N–H and O–H groups in total. The number of hydrogen-bond donors (Lipinski definition) is 0. The summed E-state index contributed by atoms with van der Waals surface area (Å²) >= 11 is 0. The molecule has 0 heterocycles. The molecule has 0 amide bonds. The zero-order chi connectivity index (χ0) is 21.8. The Morgan fingerprint density at radius 1 is 1.14 bits per heavy atom. The van der Waals surface area contributed by atoms with Gasteiger partial charge in [-0.2, -0.15) is 21.0 Å². The van der Waals surface area contributed by atoms with Crippen molar-refractivity contribution in [3.8, 4) is 24.3 Å². The second-order valence-electron chi connectivity index (χ2n) is 9.73. The minimum absolute atomic E-state index is 0.173. The molecule has 5 nitrogen and oxygen atoms in total. The fourth-order valence-corrected chi connectivity index (χ4v) is 6.13. The average Bonchev–Trinajstić information content (AvgIpc) is 2.60. The first-order valence-electron chi connectivity index (χ1n) is 9.45. The minimum atomic E-state index is -2.47. The van der Waals surface area contributed by atoms with E-state index in [1.165, 1.54) is 0 Å². The van der Waals surface area contributed by atoms with Crippen LogP contribution < -0.4 is 0 Å². The fraction of sp³-hybridized carbons (Fsp3) is 0.636. The standard InChI is InChI=1S/C22H28N4OSi/c1-15(2)17-10-22(27-28(7,8)19(4,5)6)16(3)9-18(17)20(11-23,12-24)21(22,13-25)14-26/h9,17-18H,1,10H2,2-8H3/t17-,18+,22-/m1/s1. The fourth-order valence-electron chi connectivity index (χ4n) is 4.55.